The van der Waals surface area contributed by atoms with Crippen molar-refractivity contribution >= 4 is 22.1 Å². The zero-order chi connectivity index (χ0) is 26.3. The van der Waals surface area contributed by atoms with Crippen LogP contribution in [0.15, 0.2) is 67.0 Å². The fourth-order valence-corrected chi connectivity index (χ4v) is 3.68. The van der Waals surface area contributed by atoms with E-state index < -0.39 is 16.4 Å². The smallest absolute Gasteiger partial charge is 0.407 e. The van der Waals surface area contributed by atoms with Crippen molar-refractivity contribution in [3.8, 4) is 35.4 Å². The minimum atomic E-state index is -5.31. The number of halogens is 1. The van der Waals surface area contributed by atoms with Crippen LogP contribution in [0.3, 0.4) is 0 Å². The fourth-order valence-electron chi connectivity index (χ4n) is 3.31. The van der Waals surface area contributed by atoms with Crippen LogP contribution >= 0.6 is 0 Å². The third kappa shape index (κ3) is 6.80. The lowest BCUT2D eigenvalue weighted by Gasteiger charge is -2.13. The molecule has 0 bridgehead atoms. The molecule has 0 fully saturated rings. The average molecular weight is 523 g/mol. The monoisotopic (exact) mass is 522 g/mol. The molecule has 37 heavy (non-hydrogen) atoms. The third-order valence-corrected chi connectivity index (χ3v) is 5.32. The summed E-state index contributed by atoms with van der Waals surface area (Å²) in [5.41, 5.74) is 1.83. The van der Waals surface area contributed by atoms with Crippen molar-refractivity contribution in [1.82, 2.24) is 25.5 Å². The van der Waals surface area contributed by atoms with Crippen molar-refractivity contribution in [2.24, 2.45) is 0 Å². The number of rotatable bonds is 10. The molecule has 0 aliphatic rings. The Kier molecular flexibility index (Phi) is 7.60. The zero-order valence-electron chi connectivity index (χ0n) is 19.0. The van der Waals surface area contributed by atoms with Gasteiger partial charge in [-0.15, -0.1) is 10.2 Å². The van der Waals surface area contributed by atoms with Crippen molar-refractivity contribution in [2.75, 3.05) is 5.32 Å². The van der Waals surface area contributed by atoms with Gasteiger partial charge in [-0.05, 0) is 42.5 Å². The highest BCUT2D eigenvalue weighted by molar-refractivity contribution is 7.81. The lowest BCUT2D eigenvalue weighted by Crippen LogP contribution is -2.23. The number of nitrogens with one attached hydrogen (secondary N) is 3. The molecule has 0 unspecified atom stereocenters. The van der Waals surface area contributed by atoms with Crippen LogP contribution in [0.5, 0.6) is 11.5 Å². The van der Waals surface area contributed by atoms with E-state index in [1.807, 2.05) is 18.2 Å². The molecule has 0 atom stereocenters. The first-order valence-electron chi connectivity index (χ1n) is 10.6. The number of carbonyl (C=O) groups is 1. The van der Waals surface area contributed by atoms with Crippen LogP contribution in [-0.2, 0) is 23.6 Å². The molecule has 2 aromatic heterocycles. The van der Waals surface area contributed by atoms with Crippen molar-refractivity contribution in [3.05, 3.63) is 83.9 Å². The SMILES string of the molecule is C#COc1cccc(OS(=O)(=O)F)c1CNC(=O)c1cccc(NCc2nnc(-c3ccncc3)[nH]2)c1. The summed E-state index contributed by atoms with van der Waals surface area (Å²) < 4.78 is 44.4. The molecule has 4 aromatic rings. The second-order valence-corrected chi connectivity index (χ2v) is 8.36. The molecule has 188 valence electrons. The number of benzene rings is 2. The quantitative estimate of drug-likeness (QED) is 0.211. The summed E-state index contributed by atoms with van der Waals surface area (Å²) in [5, 5.41) is 14.0. The third-order valence-electron chi connectivity index (χ3n) is 4.95. The maximum Gasteiger partial charge on any atom is 0.488 e. The van der Waals surface area contributed by atoms with E-state index in [9.17, 15) is 17.1 Å². The van der Waals surface area contributed by atoms with E-state index in [0.29, 0.717) is 29.4 Å². The first-order valence-corrected chi connectivity index (χ1v) is 12.0. The number of nitrogens with zero attached hydrogens (tertiary/aromatic N) is 3. The highest BCUT2D eigenvalue weighted by Gasteiger charge is 2.18. The predicted molar refractivity (Wildman–Crippen MR) is 131 cm³/mol. The van der Waals surface area contributed by atoms with Crippen LogP contribution < -0.4 is 19.6 Å². The van der Waals surface area contributed by atoms with Crippen molar-refractivity contribution in [3.63, 3.8) is 0 Å². The van der Waals surface area contributed by atoms with Gasteiger partial charge in [0.25, 0.3) is 5.91 Å². The summed E-state index contributed by atoms with van der Waals surface area (Å²) >= 11 is 0. The van der Waals surface area contributed by atoms with Crippen LogP contribution in [0.25, 0.3) is 11.4 Å². The van der Waals surface area contributed by atoms with E-state index in [4.69, 9.17) is 11.2 Å². The van der Waals surface area contributed by atoms with Gasteiger partial charge in [-0.2, -0.15) is 8.42 Å². The maximum atomic E-state index is 13.1. The molecular weight excluding hydrogens is 503 g/mol. The van der Waals surface area contributed by atoms with Gasteiger partial charge in [0.15, 0.2) is 11.6 Å². The zero-order valence-corrected chi connectivity index (χ0v) is 19.8. The highest BCUT2D eigenvalue weighted by Crippen LogP contribution is 2.30. The maximum absolute atomic E-state index is 13.1. The summed E-state index contributed by atoms with van der Waals surface area (Å²) in [4.78, 5) is 19.9. The molecule has 4 rings (SSSR count). The summed E-state index contributed by atoms with van der Waals surface area (Å²) in [6.45, 7) is 0.0629. The number of pyridine rings is 1. The minimum Gasteiger partial charge on any atom is -0.407 e. The molecule has 13 heteroatoms. The lowest BCUT2D eigenvalue weighted by atomic mass is 10.1. The first-order chi connectivity index (χ1) is 17.8. The molecule has 1 amide bonds. The molecule has 11 nitrogen and oxygen atoms in total. The number of carbonyl (C=O) groups excluding carboxylic acids is 1. The van der Waals surface area contributed by atoms with Gasteiger partial charge in [-0.1, -0.05) is 22.4 Å². The Morgan fingerprint density at radius 1 is 1.05 bits per heavy atom. The van der Waals surface area contributed by atoms with Crippen LogP contribution in [0, 0.1) is 12.5 Å². The Labute approximate surface area is 211 Å². The minimum absolute atomic E-state index is 0.0255. The summed E-state index contributed by atoms with van der Waals surface area (Å²) in [6, 6.07) is 14.3. The topological polar surface area (TPSA) is 148 Å². The Morgan fingerprint density at radius 2 is 1.81 bits per heavy atom. The Hall–Kier alpha value is -4.96. The fraction of sp³-hybridized carbons (Fsp3) is 0.0833. The van der Waals surface area contributed by atoms with Crippen molar-refractivity contribution < 1.29 is 26.0 Å². The van der Waals surface area contributed by atoms with E-state index in [0.717, 1.165) is 5.56 Å². The van der Waals surface area contributed by atoms with Gasteiger partial charge in [0.1, 0.15) is 17.7 Å². The molecule has 0 spiro atoms. The molecule has 2 heterocycles. The number of ether oxygens (including phenoxy) is 1. The Morgan fingerprint density at radius 3 is 2.57 bits per heavy atom. The molecule has 0 aliphatic carbocycles. The molecule has 0 saturated heterocycles. The number of terminal acetylenes is 1. The molecule has 0 aliphatic heterocycles. The van der Waals surface area contributed by atoms with E-state index in [1.54, 1.807) is 36.7 Å². The van der Waals surface area contributed by atoms with Gasteiger partial charge in [-0.3, -0.25) is 9.78 Å². The molecular formula is C24H19FN6O5S. The largest absolute Gasteiger partial charge is 0.488 e. The van der Waals surface area contributed by atoms with Crippen LogP contribution in [0.2, 0.25) is 0 Å². The van der Waals surface area contributed by atoms with Gasteiger partial charge in [0, 0.05) is 29.2 Å². The number of aromatic amines is 1. The molecule has 2 aromatic carbocycles. The predicted octanol–water partition coefficient (Wildman–Crippen LogP) is 2.97. The number of aromatic nitrogens is 4. The standard InChI is InChI=1S/C24H19FN6O5S/c1-2-35-20-7-4-8-21(36-37(25,33)34)19(20)14-28-24(32)17-5-3-6-18(13-17)27-15-22-29-23(31-30-22)16-9-11-26-12-10-16/h1,3-13,27H,14-15H2,(H,28,32)(H,29,30,31). The van der Waals surface area contributed by atoms with Crippen molar-refractivity contribution in [2.45, 2.75) is 13.1 Å². The summed E-state index contributed by atoms with van der Waals surface area (Å²) in [7, 11) is -5.31. The van der Waals surface area contributed by atoms with Gasteiger partial charge >= 0.3 is 10.5 Å². The number of anilines is 1. The van der Waals surface area contributed by atoms with Crippen LogP contribution in [-0.4, -0.2) is 34.5 Å². The van der Waals surface area contributed by atoms with E-state index in [2.05, 4.69) is 35.0 Å². The number of H-pyrrole nitrogens is 1. The van der Waals surface area contributed by atoms with Gasteiger partial charge in [-0.25, -0.2) is 0 Å². The summed E-state index contributed by atoms with van der Waals surface area (Å²) in [5.74, 6) is 0.349. The van der Waals surface area contributed by atoms with Crippen molar-refractivity contribution in [1.29, 1.82) is 0 Å². The Bertz CT molecular complexity index is 1550. The number of hydrogen-bond acceptors (Lipinski definition) is 9. The molecule has 0 saturated carbocycles. The van der Waals surface area contributed by atoms with Gasteiger partial charge in [0.05, 0.1) is 18.7 Å². The number of amides is 1. The van der Waals surface area contributed by atoms with Gasteiger partial charge < -0.3 is 24.5 Å². The van der Waals surface area contributed by atoms with E-state index in [-0.39, 0.29) is 23.6 Å². The van der Waals surface area contributed by atoms with Gasteiger partial charge in [0.2, 0.25) is 0 Å². The first kappa shape index (κ1) is 25.1. The van der Waals surface area contributed by atoms with E-state index >= 15 is 0 Å². The second kappa shape index (κ2) is 11.2. The second-order valence-electron chi connectivity index (χ2n) is 7.40. The lowest BCUT2D eigenvalue weighted by molar-refractivity contribution is 0.0950. The normalized spacial score (nSPS) is 10.8. The highest BCUT2D eigenvalue weighted by atomic mass is 32.3. The molecule has 0 radical (unpaired) electrons. The Balaban J connectivity index is 1.42. The molecule has 3 N–H and O–H groups in total. The van der Waals surface area contributed by atoms with Crippen LogP contribution in [0.4, 0.5) is 9.57 Å². The average Bonchev–Trinajstić information content (AvgIpc) is 3.36. The van der Waals surface area contributed by atoms with E-state index in [1.165, 1.54) is 18.2 Å². The van der Waals surface area contributed by atoms with Crippen LogP contribution in [0.1, 0.15) is 21.7 Å². The summed E-state index contributed by atoms with van der Waals surface area (Å²) in [6.07, 6.45) is 10.4. The number of hydrogen-bond donors (Lipinski definition) is 3.